The van der Waals surface area contributed by atoms with Crippen molar-refractivity contribution in [3.05, 3.63) is 34.9 Å². The summed E-state index contributed by atoms with van der Waals surface area (Å²) in [5, 5.41) is 1.33. The molecule has 1 aliphatic rings. The van der Waals surface area contributed by atoms with Crippen LogP contribution in [-0.4, -0.2) is 18.5 Å². The highest BCUT2D eigenvalue weighted by atomic mass is 79.9. The molecule has 0 aromatic heterocycles. The molecule has 0 amide bonds. The van der Waals surface area contributed by atoms with Crippen LogP contribution in [0.2, 0.25) is 5.02 Å². The fourth-order valence-electron chi connectivity index (χ4n) is 1.73. The molecule has 1 aromatic carbocycles. The first kappa shape index (κ1) is 13.3. The molecular formula is C13H16BrClO2. The van der Waals surface area contributed by atoms with E-state index in [1.165, 1.54) is 0 Å². The van der Waals surface area contributed by atoms with Crippen LogP contribution in [0.5, 0.6) is 0 Å². The first-order valence-electron chi connectivity index (χ1n) is 5.57. The summed E-state index contributed by atoms with van der Waals surface area (Å²) >= 11 is 9.37. The van der Waals surface area contributed by atoms with Crippen molar-refractivity contribution >= 4 is 27.5 Å². The fourth-order valence-corrected chi connectivity index (χ4v) is 2.51. The number of alkyl halides is 1. The monoisotopic (exact) mass is 318 g/mol. The summed E-state index contributed by atoms with van der Waals surface area (Å²) in [5.74, 6) is -0.680. The van der Waals surface area contributed by atoms with Crippen LogP contribution >= 0.6 is 27.5 Å². The lowest BCUT2D eigenvalue weighted by Gasteiger charge is -2.42. The largest absolute Gasteiger partial charge is 0.345 e. The van der Waals surface area contributed by atoms with Gasteiger partial charge in [-0.3, -0.25) is 0 Å². The molecule has 2 rings (SSSR count). The standard InChI is InChI=1S/C13H16BrClO2/c1-12(2)8-16-13(7-14,17-9-12)10-3-5-11(15)6-4-10/h3-6H,7-9H2,1-2H3. The molecule has 0 bridgehead atoms. The van der Waals surface area contributed by atoms with E-state index >= 15 is 0 Å². The van der Waals surface area contributed by atoms with Crippen molar-refractivity contribution in [1.29, 1.82) is 0 Å². The molecule has 1 aromatic rings. The Morgan fingerprint density at radius 2 is 1.71 bits per heavy atom. The van der Waals surface area contributed by atoms with Crippen molar-refractivity contribution in [2.45, 2.75) is 19.6 Å². The summed E-state index contributed by atoms with van der Waals surface area (Å²) < 4.78 is 11.9. The number of rotatable bonds is 2. The van der Waals surface area contributed by atoms with E-state index in [0.717, 1.165) is 10.6 Å². The van der Waals surface area contributed by atoms with E-state index in [4.69, 9.17) is 21.1 Å². The topological polar surface area (TPSA) is 18.5 Å². The van der Waals surface area contributed by atoms with Crippen molar-refractivity contribution < 1.29 is 9.47 Å². The van der Waals surface area contributed by atoms with Gasteiger partial charge in [-0.15, -0.1) is 0 Å². The first-order valence-corrected chi connectivity index (χ1v) is 7.07. The van der Waals surface area contributed by atoms with E-state index in [1.54, 1.807) is 0 Å². The Kier molecular flexibility index (Phi) is 3.83. The number of halogens is 2. The molecule has 1 saturated heterocycles. The van der Waals surface area contributed by atoms with Gasteiger partial charge in [0, 0.05) is 16.0 Å². The van der Waals surface area contributed by atoms with Gasteiger partial charge in [-0.1, -0.05) is 53.5 Å². The molecule has 0 atom stereocenters. The molecule has 0 unspecified atom stereocenters. The van der Waals surface area contributed by atoms with Gasteiger partial charge in [0.1, 0.15) is 0 Å². The predicted molar refractivity (Wildman–Crippen MR) is 72.6 cm³/mol. The van der Waals surface area contributed by atoms with Crippen molar-refractivity contribution in [2.75, 3.05) is 18.5 Å². The highest BCUT2D eigenvalue weighted by molar-refractivity contribution is 9.09. The van der Waals surface area contributed by atoms with Crippen LogP contribution in [0, 0.1) is 5.41 Å². The van der Waals surface area contributed by atoms with Gasteiger partial charge in [-0.2, -0.15) is 0 Å². The van der Waals surface area contributed by atoms with E-state index in [2.05, 4.69) is 29.8 Å². The molecule has 94 valence electrons. The fraction of sp³-hybridized carbons (Fsp3) is 0.538. The Morgan fingerprint density at radius 1 is 1.18 bits per heavy atom. The summed E-state index contributed by atoms with van der Waals surface area (Å²) in [7, 11) is 0. The van der Waals surface area contributed by atoms with Gasteiger partial charge in [0.25, 0.3) is 0 Å². The maximum Gasteiger partial charge on any atom is 0.204 e. The third-order valence-electron chi connectivity index (χ3n) is 2.85. The Hall–Kier alpha value is -0.0900. The Morgan fingerprint density at radius 3 is 2.18 bits per heavy atom. The summed E-state index contributed by atoms with van der Waals surface area (Å²) in [5.41, 5.74) is 1.06. The van der Waals surface area contributed by atoms with Crippen LogP contribution in [0.25, 0.3) is 0 Å². The zero-order chi connectivity index (χ0) is 12.5. The lowest BCUT2D eigenvalue weighted by atomic mass is 9.94. The molecule has 0 spiro atoms. The minimum Gasteiger partial charge on any atom is -0.345 e. The molecule has 0 saturated carbocycles. The summed E-state index contributed by atoms with van der Waals surface area (Å²) in [4.78, 5) is 0. The van der Waals surface area contributed by atoms with Gasteiger partial charge in [0.15, 0.2) is 0 Å². The van der Waals surface area contributed by atoms with Crippen LogP contribution in [0.15, 0.2) is 24.3 Å². The molecule has 4 heteroatoms. The average Bonchev–Trinajstić information content (AvgIpc) is 2.31. The molecule has 1 aliphatic heterocycles. The van der Waals surface area contributed by atoms with Gasteiger partial charge in [-0.05, 0) is 12.1 Å². The van der Waals surface area contributed by atoms with Gasteiger partial charge < -0.3 is 9.47 Å². The normalized spacial score (nSPS) is 22.4. The molecule has 0 radical (unpaired) electrons. The van der Waals surface area contributed by atoms with Crippen LogP contribution in [-0.2, 0) is 15.3 Å². The quantitative estimate of drug-likeness (QED) is 0.768. The number of benzene rings is 1. The maximum absolute atomic E-state index is 5.94. The minimum atomic E-state index is -0.680. The second-order valence-electron chi connectivity index (χ2n) is 5.13. The molecular weight excluding hydrogens is 303 g/mol. The Balaban J connectivity index is 2.24. The van der Waals surface area contributed by atoms with E-state index in [0.29, 0.717) is 18.5 Å². The van der Waals surface area contributed by atoms with E-state index in [-0.39, 0.29) is 5.41 Å². The Labute approximate surface area is 115 Å². The van der Waals surface area contributed by atoms with E-state index in [1.807, 2.05) is 24.3 Å². The lowest BCUT2D eigenvalue weighted by Crippen LogP contribution is -2.46. The zero-order valence-electron chi connectivity index (χ0n) is 10.0. The molecule has 2 nitrogen and oxygen atoms in total. The van der Waals surface area contributed by atoms with Gasteiger partial charge >= 0.3 is 0 Å². The molecule has 1 heterocycles. The summed E-state index contributed by atoms with van der Waals surface area (Å²) in [6, 6.07) is 7.60. The van der Waals surface area contributed by atoms with Crippen molar-refractivity contribution in [3.8, 4) is 0 Å². The van der Waals surface area contributed by atoms with Gasteiger partial charge in [-0.25, -0.2) is 0 Å². The SMILES string of the molecule is CC1(C)COC(CBr)(c2ccc(Cl)cc2)OC1. The van der Waals surface area contributed by atoms with Gasteiger partial charge in [0.05, 0.1) is 18.5 Å². The second-order valence-corrected chi connectivity index (χ2v) is 6.13. The highest BCUT2D eigenvalue weighted by Gasteiger charge is 2.41. The molecule has 1 fully saturated rings. The summed E-state index contributed by atoms with van der Waals surface area (Å²) in [6.45, 7) is 5.63. The minimum absolute atomic E-state index is 0.0676. The third-order valence-corrected chi connectivity index (χ3v) is 3.84. The van der Waals surface area contributed by atoms with Crippen LogP contribution in [0.1, 0.15) is 19.4 Å². The van der Waals surface area contributed by atoms with E-state index < -0.39 is 5.79 Å². The molecule has 0 N–H and O–H groups in total. The zero-order valence-corrected chi connectivity index (χ0v) is 12.3. The second kappa shape index (κ2) is 4.88. The molecule has 17 heavy (non-hydrogen) atoms. The van der Waals surface area contributed by atoms with Crippen LogP contribution in [0.4, 0.5) is 0 Å². The van der Waals surface area contributed by atoms with Crippen LogP contribution in [0.3, 0.4) is 0 Å². The van der Waals surface area contributed by atoms with Crippen molar-refractivity contribution in [2.24, 2.45) is 5.41 Å². The van der Waals surface area contributed by atoms with Crippen LogP contribution < -0.4 is 0 Å². The first-order chi connectivity index (χ1) is 7.97. The van der Waals surface area contributed by atoms with Gasteiger partial charge in [0.2, 0.25) is 5.79 Å². The van der Waals surface area contributed by atoms with Crippen molar-refractivity contribution in [3.63, 3.8) is 0 Å². The number of ether oxygens (including phenoxy) is 2. The highest BCUT2D eigenvalue weighted by Crippen LogP contribution is 2.38. The Bertz CT molecular complexity index is 379. The number of hydrogen-bond acceptors (Lipinski definition) is 2. The lowest BCUT2D eigenvalue weighted by molar-refractivity contribution is -0.294. The maximum atomic E-state index is 5.94. The number of hydrogen-bond donors (Lipinski definition) is 0. The molecule has 0 aliphatic carbocycles. The average molecular weight is 320 g/mol. The van der Waals surface area contributed by atoms with E-state index in [9.17, 15) is 0 Å². The smallest absolute Gasteiger partial charge is 0.204 e. The van der Waals surface area contributed by atoms with Crippen molar-refractivity contribution in [1.82, 2.24) is 0 Å². The predicted octanol–water partition coefficient (Wildman–Crippen LogP) is 3.96. The summed E-state index contributed by atoms with van der Waals surface area (Å²) in [6.07, 6.45) is 0. The third kappa shape index (κ3) is 2.84.